The Bertz CT molecular complexity index is 672. The minimum absolute atomic E-state index is 0.455. The van der Waals surface area contributed by atoms with Crippen molar-refractivity contribution in [1.82, 2.24) is 5.32 Å². The maximum atomic E-state index is 5.45. The highest BCUT2D eigenvalue weighted by molar-refractivity contribution is 5.46. The Kier molecular flexibility index (Phi) is 6.22. The van der Waals surface area contributed by atoms with Gasteiger partial charge in [0.05, 0.1) is 0 Å². The van der Waals surface area contributed by atoms with Gasteiger partial charge in [0.1, 0.15) is 0 Å². The summed E-state index contributed by atoms with van der Waals surface area (Å²) in [7, 11) is 0. The van der Waals surface area contributed by atoms with E-state index >= 15 is 0 Å². The van der Waals surface area contributed by atoms with Crippen molar-refractivity contribution < 1.29 is 0 Å². The van der Waals surface area contributed by atoms with Gasteiger partial charge in [-0.1, -0.05) is 43.2 Å². The largest absolute Gasteiger partial charge is 0.371 e. The summed E-state index contributed by atoms with van der Waals surface area (Å²) in [4.78, 5) is 2.55. The molecule has 3 rings (SSSR count). The first-order valence-corrected chi connectivity index (χ1v) is 9.98. The molecule has 1 aromatic rings. The lowest BCUT2D eigenvalue weighted by atomic mass is 9.90. The third-order valence-corrected chi connectivity index (χ3v) is 6.26. The summed E-state index contributed by atoms with van der Waals surface area (Å²) in [6, 6.07) is 10.8. The van der Waals surface area contributed by atoms with Gasteiger partial charge in [-0.05, 0) is 73.8 Å². The maximum absolute atomic E-state index is 5.45. The van der Waals surface area contributed by atoms with Gasteiger partial charge in [-0.25, -0.2) is 0 Å². The molecule has 1 heterocycles. The van der Waals surface area contributed by atoms with Crippen LogP contribution in [0.3, 0.4) is 0 Å². The molecule has 2 unspecified atom stereocenters. The maximum Gasteiger partial charge on any atom is 0.0366 e. The van der Waals surface area contributed by atoms with Crippen LogP contribution >= 0.6 is 0 Å². The third kappa shape index (κ3) is 4.40. The van der Waals surface area contributed by atoms with Crippen LogP contribution in [-0.2, 0) is 0 Å². The van der Waals surface area contributed by atoms with Crippen LogP contribution in [0.1, 0.15) is 33.1 Å². The highest BCUT2D eigenvalue weighted by Crippen LogP contribution is 2.59. The summed E-state index contributed by atoms with van der Waals surface area (Å²) in [5.41, 5.74) is 3.23. The Morgan fingerprint density at radius 2 is 2.08 bits per heavy atom. The van der Waals surface area contributed by atoms with E-state index in [2.05, 4.69) is 65.5 Å². The van der Waals surface area contributed by atoms with Crippen LogP contribution in [0.2, 0.25) is 0 Å². The van der Waals surface area contributed by atoms with Gasteiger partial charge in [-0.3, -0.25) is 0 Å². The second-order valence-corrected chi connectivity index (χ2v) is 7.96. The smallest absolute Gasteiger partial charge is 0.0366 e. The molecule has 138 valence electrons. The zero-order chi connectivity index (χ0) is 18.4. The zero-order valence-electron chi connectivity index (χ0n) is 16.2. The standard InChI is InChI=1S/C24H32N2/c1-4-9-21(10-5-2)20(3)18-25-19-22-17-24(22)13-15-26(16-14-24)23-11-7-6-8-12-23/h1,5-12,20,22,25H,13-19H2,2-3H3. The predicted octanol–water partition coefficient (Wildman–Crippen LogP) is 4.65. The number of para-hydroxylation sites is 1. The van der Waals surface area contributed by atoms with E-state index in [0.717, 1.165) is 19.0 Å². The average Bonchev–Trinajstić information content (AvgIpc) is 3.34. The topological polar surface area (TPSA) is 15.3 Å². The Balaban J connectivity index is 1.41. The van der Waals surface area contributed by atoms with Crippen LogP contribution in [0.15, 0.2) is 54.1 Å². The SMILES string of the molecule is C#CC=C(C=CC)C(C)CNCC1CC12CCN(c1ccccc1)CC2. The number of nitrogens with one attached hydrogen (secondary N) is 1. The zero-order valence-corrected chi connectivity index (χ0v) is 16.2. The van der Waals surface area contributed by atoms with E-state index in [1.807, 2.05) is 13.0 Å². The second-order valence-electron chi connectivity index (χ2n) is 7.96. The number of allylic oxidation sites excluding steroid dienone is 3. The lowest BCUT2D eigenvalue weighted by Gasteiger charge is -2.34. The summed E-state index contributed by atoms with van der Waals surface area (Å²) in [5, 5.41) is 3.70. The number of nitrogens with zero attached hydrogens (tertiary/aromatic N) is 1. The second kappa shape index (κ2) is 8.60. The fraction of sp³-hybridized carbons (Fsp3) is 0.500. The van der Waals surface area contributed by atoms with E-state index in [4.69, 9.17) is 6.42 Å². The molecule has 1 N–H and O–H groups in total. The molecule has 2 heteroatoms. The molecule has 1 spiro atoms. The summed E-state index contributed by atoms with van der Waals surface area (Å²) in [6.45, 7) is 8.84. The van der Waals surface area contributed by atoms with Crippen LogP contribution in [0.5, 0.6) is 0 Å². The number of piperidine rings is 1. The Morgan fingerprint density at radius 3 is 2.73 bits per heavy atom. The van der Waals surface area contributed by atoms with E-state index in [1.54, 1.807) is 0 Å². The molecule has 0 bridgehead atoms. The number of terminal acetylenes is 1. The molecule has 1 saturated carbocycles. The van der Waals surface area contributed by atoms with E-state index in [1.165, 1.54) is 43.6 Å². The van der Waals surface area contributed by atoms with Crippen LogP contribution in [0.4, 0.5) is 5.69 Å². The van der Waals surface area contributed by atoms with Gasteiger partial charge < -0.3 is 10.2 Å². The number of benzene rings is 1. The Hall–Kier alpha value is -1.98. The predicted molar refractivity (Wildman–Crippen MR) is 112 cm³/mol. The van der Waals surface area contributed by atoms with Gasteiger partial charge in [0, 0.05) is 25.3 Å². The van der Waals surface area contributed by atoms with Crippen molar-refractivity contribution in [2.45, 2.75) is 33.1 Å². The third-order valence-electron chi connectivity index (χ3n) is 6.26. The molecule has 0 aromatic heterocycles. The average molecular weight is 349 g/mol. The highest BCUT2D eigenvalue weighted by Gasteiger charge is 2.54. The number of hydrogen-bond donors (Lipinski definition) is 1. The molecule has 1 aromatic carbocycles. The van der Waals surface area contributed by atoms with Gasteiger partial charge in [0.2, 0.25) is 0 Å². The lowest BCUT2D eigenvalue weighted by Crippen LogP contribution is -2.36. The van der Waals surface area contributed by atoms with Gasteiger partial charge in [0.15, 0.2) is 0 Å². The van der Waals surface area contributed by atoms with Crippen molar-refractivity contribution in [3.63, 3.8) is 0 Å². The first kappa shape index (κ1) is 18.8. The normalized spacial score (nSPS) is 23.2. The van der Waals surface area contributed by atoms with Crippen LogP contribution in [0, 0.1) is 29.6 Å². The van der Waals surface area contributed by atoms with E-state index in [-0.39, 0.29) is 0 Å². The van der Waals surface area contributed by atoms with Gasteiger partial charge in [-0.15, -0.1) is 6.42 Å². The van der Waals surface area contributed by atoms with Gasteiger partial charge in [0.25, 0.3) is 0 Å². The van der Waals surface area contributed by atoms with E-state index in [0.29, 0.717) is 11.3 Å². The van der Waals surface area contributed by atoms with Crippen LogP contribution < -0.4 is 10.2 Å². The molecule has 2 nitrogen and oxygen atoms in total. The molecule has 0 radical (unpaired) electrons. The summed E-state index contributed by atoms with van der Waals surface area (Å²) < 4.78 is 0. The molecule has 1 saturated heterocycles. The van der Waals surface area contributed by atoms with Crippen molar-refractivity contribution in [3.8, 4) is 12.3 Å². The molecular formula is C24H32N2. The van der Waals surface area contributed by atoms with Crippen LogP contribution in [0.25, 0.3) is 0 Å². The highest BCUT2D eigenvalue weighted by atomic mass is 15.1. The van der Waals surface area contributed by atoms with Crippen LogP contribution in [-0.4, -0.2) is 26.2 Å². The Morgan fingerprint density at radius 1 is 1.35 bits per heavy atom. The van der Waals surface area contributed by atoms with E-state index < -0.39 is 0 Å². The summed E-state index contributed by atoms with van der Waals surface area (Å²) in [5.74, 6) is 3.97. The molecule has 1 aliphatic heterocycles. The minimum Gasteiger partial charge on any atom is -0.371 e. The van der Waals surface area contributed by atoms with Crippen molar-refractivity contribution in [2.75, 3.05) is 31.1 Å². The molecule has 26 heavy (non-hydrogen) atoms. The fourth-order valence-electron chi connectivity index (χ4n) is 4.42. The molecule has 1 aliphatic carbocycles. The minimum atomic E-state index is 0.455. The number of hydrogen-bond acceptors (Lipinski definition) is 2. The molecular weight excluding hydrogens is 316 g/mol. The monoisotopic (exact) mass is 348 g/mol. The number of rotatable bonds is 7. The van der Waals surface area contributed by atoms with Crippen molar-refractivity contribution in [3.05, 3.63) is 54.1 Å². The van der Waals surface area contributed by atoms with Crippen molar-refractivity contribution in [1.29, 1.82) is 0 Å². The molecule has 0 amide bonds. The fourth-order valence-corrected chi connectivity index (χ4v) is 4.42. The Labute approximate surface area is 159 Å². The van der Waals surface area contributed by atoms with Crippen molar-refractivity contribution in [2.24, 2.45) is 17.3 Å². The molecule has 2 atom stereocenters. The first-order chi connectivity index (χ1) is 12.7. The van der Waals surface area contributed by atoms with E-state index in [9.17, 15) is 0 Å². The van der Waals surface area contributed by atoms with Gasteiger partial charge in [-0.2, -0.15) is 0 Å². The molecule has 2 aliphatic rings. The van der Waals surface area contributed by atoms with Crippen molar-refractivity contribution >= 4 is 5.69 Å². The summed E-state index contributed by atoms with van der Waals surface area (Å²) >= 11 is 0. The number of anilines is 1. The quantitative estimate of drug-likeness (QED) is 0.570. The van der Waals surface area contributed by atoms with Gasteiger partial charge >= 0.3 is 0 Å². The summed E-state index contributed by atoms with van der Waals surface area (Å²) in [6.07, 6.45) is 15.6. The lowest BCUT2D eigenvalue weighted by molar-refractivity contribution is 0.342. The first-order valence-electron chi connectivity index (χ1n) is 9.98. The molecule has 2 fully saturated rings.